The summed E-state index contributed by atoms with van der Waals surface area (Å²) in [5.41, 5.74) is -1.38. The van der Waals surface area contributed by atoms with Gasteiger partial charge in [-0.1, -0.05) is 24.9 Å². The van der Waals surface area contributed by atoms with E-state index in [1.165, 1.54) is 17.0 Å². The van der Waals surface area contributed by atoms with Crippen LogP contribution in [0.15, 0.2) is 18.2 Å². The third kappa shape index (κ3) is 3.33. The molecule has 0 bridgehead atoms. The van der Waals surface area contributed by atoms with Crippen molar-refractivity contribution >= 4 is 23.5 Å². The minimum absolute atomic E-state index is 0.132. The number of rotatable bonds is 4. The fourth-order valence-corrected chi connectivity index (χ4v) is 3.25. The zero-order chi connectivity index (χ0) is 17.2. The summed E-state index contributed by atoms with van der Waals surface area (Å²) in [7, 11) is 0. The number of aliphatic hydroxyl groups excluding tert-OH is 1. The van der Waals surface area contributed by atoms with Crippen LogP contribution in [0, 0.1) is 11.2 Å². The van der Waals surface area contributed by atoms with Gasteiger partial charge in [-0.15, -0.1) is 0 Å². The summed E-state index contributed by atoms with van der Waals surface area (Å²) >= 11 is 5.67. The van der Waals surface area contributed by atoms with Crippen LogP contribution in [0.4, 0.5) is 4.39 Å². The second-order valence-electron chi connectivity index (χ2n) is 5.85. The predicted molar refractivity (Wildman–Crippen MR) is 82.9 cm³/mol. The topological polar surface area (TPSA) is 77.8 Å². The molecule has 5 nitrogen and oxygen atoms in total. The number of piperidine rings is 1. The summed E-state index contributed by atoms with van der Waals surface area (Å²) in [5, 5.41) is 20.0. The number of nitrogens with zero attached hydrogens (tertiary/aromatic N) is 1. The number of carboxylic acids is 1. The van der Waals surface area contributed by atoms with E-state index in [1.54, 1.807) is 0 Å². The molecule has 1 saturated heterocycles. The molecule has 1 aromatic rings. The lowest BCUT2D eigenvalue weighted by molar-refractivity contribution is -0.162. The first-order valence-electron chi connectivity index (χ1n) is 7.47. The van der Waals surface area contributed by atoms with Crippen molar-refractivity contribution in [1.82, 2.24) is 4.90 Å². The van der Waals surface area contributed by atoms with E-state index >= 15 is 0 Å². The predicted octanol–water partition coefficient (Wildman–Crippen LogP) is 2.56. The van der Waals surface area contributed by atoms with E-state index in [1.807, 2.05) is 6.92 Å². The lowest BCUT2D eigenvalue weighted by Gasteiger charge is -2.42. The van der Waals surface area contributed by atoms with Gasteiger partial charge in [-0.25, -0.2) is 4.39 Å². The molecule has 23 heavy (non-hydrogen) atoms. The first kappa shape index (κ1) is 17.7. The SMILES string of the molecule is CCC[C@]1(C(=O)O)CCN(C(=O)c2ccc(Cl)cc2F)C[C@@H]1O. The monoisotopic (exact) mass is 343 g/mol. The zero-order valence-corrected chi connectivity index (χ0v) is 13.5. The van der Waals surface area contributed by atoms with Gasteiger partial charge < -0.3 is 15.1 Å². The quantitative estimate of drug-likeness (QED) is 0.880. The van der Waals surface area contributed by atoms with Crippen molar-refractivity contribution in [2.24, 2.45) is 5.41 Å². The second kappa shape index (κ2) is 6.84. The van der Waals surface area contributed by atoms with Gasteiger partial charge in [0, 0.05) is 18.1 Å². The molecule has 0 unspecified atom stereocenters. The molecule has 1 amide bonds. The first-order valence-corrected chi connectivity index (χ1v) is 7.85. The highest BCUT2D eigenvalue weighted by Gasteiger charge is 2.48. The van der Waals surface area contributed by atoms with Crippen molar-refractivity contribution in [3.05, 3.63) is 34.6 Å². The fraction of sp³-hybridized carbons (Fsp3) is 0.500. The summed E-state index contributed by atoms with van der Waals surface area (Å²) in [5.74, 6) is -2.37. The lowest BCUT2D eigenvalue weighted by atomic mass is 9.72. The summed E-state index contributed by atoms with van der Waals surface area (Å²) in [6.07, 6.45) is -0.101. The number of carboxylic acid groups (broad SMARTS) is 1. The van der Waals surface area contributed by atoms with Gasteiger partial charge in [0.15, 0.2) is 0 Å². The van der Waals surface area contributed by atoms with Crippen molar-refractivity contribution in [2.75, 3.05) is 13.1 Å². The smallest absolute Gasteiger partial charge is 0.312 e. The highest BCUT2D eigenvalue weighted by atomic mass is 35.5. The van der Waals surface area contributed by atoms with Gasteiger partial charge in [-0.05, 0) is 31.0 Å². The Balaban J connectivity index is 2.19. The number of halogens is 2. The van der Waals surface area contributed by atoms with Crippen molar-refractivity contribution in [1.29, 1.82) is 0 Å². The molecular formula is C16H19ClFNO4. The largest absolute Gasteiger partial charge is 0.481 e. The van der Waals surface area contributed by atoms with E-state index in [4.69, 9.17) is 11.6 Å². The van der Waals surface area contributed by atoms with Gasteiger partial charge in [0.2, 0.25) is 0 Å². The van der Waals surface area contributed by atoms with Crippen LogP contribution in [0.3, 0.4) is 0 Å². The Bertz CT molecular complexity index is 624. The number of aliphatic carboxylic acids is 1. The van der Waals surface area contributed by atoms with E-state index < -0.39 is 29.2 Å². The zero-order valence-electron chi connectivity index (χ0n) is 12.8. The number of aliphatic hydroxyl groups is 1. The van der Waals surface area contributed by atoms with Gasteiger partial charge in [-0.3, -0.25) is 9.59 Å². The van der Waals surface area contributed by atoms with Gasteiger partial charge in [-0.2, -0.15) is 0 Å². The molecule has 1 aliphatic heterocycles. The highest BCUT2D eigenvalue weighted by molar-refractivity contribution is 6.30. The molecule has 1 fully saturated rings. The summed E-state index contributed by atoms with van der Waals surface area (Å²) in [6, 6.07) is 3.75. The van der Waals surface area contributed by atoms with Crippen molar-refractivity contribution < 1.29 is 24.2 Å². The van der Waals surface area contributed by atoms with Crippen LogP contribution in [-0.2, 0) is 4.79 Å². The molecule has 1 aromatic carbocycles. The van der Waals surface area contributed by atoms with E-state index in [0.29, 0.717) is 12.8 Å². The fourth-order valence-electron chi connectivity index (χ4n) is 3.09. The molecule has 7 heteroatoms. The number of benzene rings is 1. The maximum atomic E-state index is 13.9. The van der Waals surface area contributed by atoms with Crippen LogP contribution in [0.1, 0.15) is 36.5 Å². The van der Waals surface area contributed by atoms with E-state index in [9.17, 15) is 24.2 Å². The third-order valence-corrected chi connectivity index (χ3v) is 4.66. The van der Waals surface area contributed by atoms with Crippen molar-refractivity contribution in [2.45, 2.75) is 32.3 Å². The van der Waals surface area contributed by atoms with E-state index in [2.05, 4.69) is 0 Å². The van der Waals surface area contributed by atoms with Crippen molar-refractivity contribution in [3.63, 3.8) is 0 Å². The molecule has 1 aliphatic rings. The molecule has 0 saturated carbocycles. The van der Waals surface area contributed by atoms with Crippen LogP contribution < -0.4 is 0 Å². The standard InChI is InChI=1S/C16H19ClFNO4/c1-2-5-16(15(22)23)6-7-19(9-13(16)20)14(21)11-4-3-10(17)8-12(11)18/h3-4,8,13,20H,2,5-7,9H2,1H3,(H,22,23)/t13-,16-/m0/s1. The van der Waals surface area contributed by atoms with Gasteiger partial charge >= 0.3 is 5.97 Å². The number of amides is 1. The Labute approximate surface area is 138 Å². The normalized spacial score (nSPS) is 24.5. The first-order chi connectivity index (χ1) is 10.8. The molecule has 0 aromatic heterocycles. The van der Waals surface area contributed by atoms with Gasteiger partial charge in [0.25, 0.3) is 5.91 Å². The minimum atomic E-state index is -1.25. The Kier molecular flexibility index (Phi) is 5.26. The summed E-state index contributed by atoms with van der Waals surface area (Å²) < 4.78 is 13.9. The molecular weight excluding hydrogens is 325 g/mol. The Morgan fingerprint density at radius 3 is 2.70 bits per heavy atom. The molecule has 2 N–H and O–H groups in total. The number of hydrogen-bond acceptors (Lipinski definition) is 3. The second-order valence-corrected chi connectivity index (χ2v) is 6.29. The molecule has 2 rings (SSSR count). The molecule has 2 atom stereocenters. The Hall–Kier alpha value is -1.66. The molecule has 1 heterocycles. The Morgan fingerprint density at radius 2 is 2.17 bits per heavy atom. The van der Waals surface area contributed by atoms with E-state index in [-0.39, 0.29) is 30.1 Å². The van der Waals surface area contributed by atoms with Crippen LogP contribution >= 0.6 is 11.6 Å². The molecule has 0 aliphatic carbocycles. The Morgan fingerprint density at radius 1 is 1.48 bits per heavy atom. The van der Waals surface area contributed by atoms with Crippen LogP contribution in [0.25, 0.3) is 0 Å². The maximum absolute atomic E-state index is 13.9. The molecule has 0 spiro atoms. The maximum Gasteiger partial charge on any atom is 0.312 e. The summed E-state index contributed by atoms with van der Waals surface area (Å²) in [6.45, 7) is 1.87. The van der Waals surface area contributed by atoms with E-state index in [0.717, 1.165) is 6.07 Å². The van der Waals surface area contributed by atoms with Crippen LogP contribution in [0.5, 0.6) is 0 Å². The van der Waals surface area contributed by atoms with Crippen LogP contribution in [0.2, 0.25) is 5.02 Å². The number of hydrogen-bond donors (Lipinski definition) is 2. The average molecular weight is 344 g/mol. The molecule has 126 valence electrons. The minimum Gasteiger partial charge on any atom is -0.481 e. The lowest BCUT2D eigenvalue weighted by Crippen LogP contribution is -2.56. The summed E-state index contributed by atoms with van der Waals surface area (Å²) in [4.78, 5) is 25.3. The van der Waals surface area contributed by atoms with Crippen molar-refractivity contribution in [3.8, 4) is 0 Å². The van der Waals surface area contributed by atoms with Gasteiger partial charge in [0.05, 0.1) is 17.1 Å². The highest BCUT2D eigenvalue weighted by Crippen LogP contribution is 2.37. The number of carbonyl (C=O) groups excluding carboxylic acids is 1. The molecule has 0 radical (unpaired) electrons. The van der Waals surface area contributed by atoms with Gasteiger partial charge in [0.1, 0.15) is 5.82 Å². The number of β-amino-alcohol motifs (C(OH)–C–C–N with tert-alkyl or cyclic N) is 1. The number of carbonyl (C=O) groups is 2. The third-order valence-electron chi connectivity index (χ3n) is 4.43. The average Bonchev–Trinajstić information content (AvgIpc) is 2.48. The number of likely N-dealkylation sites (tertiary alicyclic amines) is 1. The van der Waals surface area contributed by atoms with Crippen LogP contribution in [-0.4, -0.2) is 46.2 Å².